The Kier molecular flexibility index (Phi) is 9.47. The van der Waals surface area contributed by atoms with E-state index < -0.39 is 29.5 Å². The van der Waals surface area contributed by atoms with Crippen molar-refractivity contribution in [2.75, 3.05) is 37.5 Å². The van der Waals surface area contributed by atoms with Gasteiger partial charge < -0.3 is 39.2 Å². The van der Waals surface area contributed by atoms with Crippen LogP contribution in [0.4, 0.5) is 26.4 Å². The predicted molar refractivity (Wildman–Crippen MR) is 188 cm³/mol. The number of benzene rings is 2. The number of carbonyl (C=O) groups is 2. The molecular formula is C36H37FN8O7. The number of rotatable bonds is 10. The van der Waals surface area contributed by atoms with Crippen LogP contribution in [0.15, 0.2) is 73.2 Å². The number of methoxy groups -OCH3 is 1. The zero-order valence-electron chi connectivity index (χ0n) is 29.0. The second kappa shape index (κ2) is 14.3. The highest BCUT2D eigenvalue weighted by Gasteiger charge is 2.32. The summed E-state index contributed by atoms with van der Waals surface area (Å²) in [7, 11) is 1.43. The Hall–Kier alpha value is -6.03. The number of hydrogen-bond acceptors (Lipinski definition) is 12. The van der Waals surface area contributed by atoms with Crippen molar-refractivity contribution in [2.45, 2.75) is 51.4 Å². The van der Waals surface area contributed by atoms with Crippen LogP contribution in [-0.4, -0.2) is 86.1 Å². The highest BCUT2D eigenvalue weighted by molar-refractivity contribution is 6.05. The Morgan fingerprint density at radius 2 is 1.83 bits per heavy atom. The standard InChI is InChI=1S/C36H37FN8O7/c1-36(2,3)52-35(47)44-10-5-6-21(44)12-26(37)34(46)43-29-15-25-28(16-30(29)48-4)38-19-40-33(25)42-27-8-7-22(13-31(27)51-24-17-49-18-24)50-23-9-11-45-32(14-23)39-20-41-45/h7-9,11-16,19-21,24H,5-6,10,17-18H2,1-4H3,(H,43,46)(H,38,40,42). The van der Waals surface area contributed by atoms with Crippen LogP contribution in [0.2, 0.25) is 0 Å². The van der Waals surface area contributed by atoms with E-state index in [1.54, 1.807) is 73.9 Å². The molecule has 0 saturated carbocycles. The molecule has 7 rings (SSSR count). The van der Waals surface area contributed by atoms with E-state index in [0.29, 0.717) is 77.9 Å². The van der Waals surface area contributed by atoms with Gasteiger partial charge in [-0.05, 0) is 64.0 Å². The molecule has 2 N–H and O–H groups in total. The number of amides is 2. The fourth-order valence-electron chi connectivity index (χ4n) is 5.74. The van der Waals surface area contributed by atoms with Crippen LogP contribution in [0, 0.1) is 0 Å². The number of pyridine rings is 1. The number of ether oxygens (including phenoxy) is 5. The summed E-state index contributed by atoms with van der Waals surface area (Å²) in [4.78, 5) is 40.3. The molecule has 2 aliphatic heterocycles. The smallest absolute Gasteiger partial charge is 0.410 e. The van der Waals surface area contributed by atoms with E-state index in [-0.39, 0.29) is 17.5 Å². The number of anilines is 3. The third kappa shape index (κ3) is 7.66. The zero-order chi connectivity index (χ0) is 36.4. The van der Waals surface area contributed by atoms with Crippen LogP contribution in [0.3, 0.4) is 0 Å². The van der Waals surface area contributed by atoms with Gasteiger partial charge >= 0.3 is 6.09 Å². The molecule has 2 aromatic carbocycles. The maximum absolute atomic E-state index is 15.4. The molecular weight excluding hydrogens is 675 g/mol. The topological polar surface area (TPSA) is 164 Å². The van der Waals surface area contributed by atoms with E-state index in [9.17, 15) is 9.59 Å². The van der Waals surface area contributed by atoms with Gasteiger partial charge in [0.25, 0.3) is 5.91 Å². The van der Waals surface area contributed by atoms with Gasteiger partial charge in [0.05, 0.1) is 43.3 Å². The first-order valence-electron chi connectivity index (χ1n) is 16.7. The summed E-state index contributed by atoms with van der Waals surface area (Å²) in [6.45, 7) is 6.56. The quantitative estimate of drug-likeness (QED) is 0.158. The van der Waals surface area contributed by atoms with Gasteiger partial charge in [0.15, 0.2) is 11.5 Å². The van der Waals surface area contributed by atoms with Crippen LogP contribution in [0.5, 0.6) is 23.0 Å². The summed E-state index contributed by atoms with van der Waals surface area (Å²) in [6.07, 6.45) is 6.19. The molecule has 2 aliphatic rings. The van der Waals surface area contributed by atoms with Crippen LogP contribution < -0.4 is 24.8 Å². The SMILES string of the molecule is COc1cc2ncnc(Nc3ccc(Oc4ccn5ncnc5c4)cc3OC3COC3)c2cc1NC(=O)C(F)=CC1CCCN1C(=O)OC(C)(C)C. The van der Waals surface area contributed by atoms with Crippen LogP contribution in [0.1, 0.15) is 33.6 Å². The molecule has 5 heterocycles. The Morgan fingerprint density at radius 1 is 1.00 bits per heavy atom. The third-order valence-electron chi connectivity index (χ3n) is 8.28. The van der Waals surface area contributed by atoms with Gasteiger partial charge in [0, 0.05) is 36.3 Å². The fraction of sp³-hybridized carbons (Fsp3) is 0.333. The molecule has 2 amide bonds. The molecule has 2 fully saturated rings. The monoisotopic (exact) mass is 712 g/mol. The van der Waals surface area contributed by atoms with E-state index in [1.807, 2.05) is 0 Å². The van der Waals surface area contributed by atoms with Crippen LogP contribution in [0.25, 0.3) is 16.6 Å². The van der Waals surface area contributed by atoms with Crippen molar-refractivity contribution in [1.82, 2.24) is 29.5 Å². The highest BCUT2D eigenvalue weighted by atomic mass is 19.1. The number of fused-ring (bicyclic) bond motifs is 2. The van der Waals surface area contributed by atoms with Crippen LogP contribution in [-0.2, 0) is 14.3 Å². The van der Waals surface area contributed by atoms with Gasteiger partial charge in [-0.2, -0.15) is 5.10 Å². The number of hydrogen-bond donors (Lipinski definition) is 2. The summed E-state index contributed by atoms with van der Waals surface area (Å²) in [6, 6.07) is 11.5. The number of nitrogens with one attached hydrogen (secondary N) is 2. The first kappa shape index (κ1) is 34.4. The molecule has 1 unspecified atom stereocenters. The number of halogens is 1. The first-order chi connectivity index (χ1) is 25.0. The number of nitrogens with zero attached hydrogens (tertiary/aromatic N) is 6. The molecule has 2 saturated heterocycles. The van der Waals surface area contributed by atoms with Gasteiger partial charge in [0.2, 0.25) is 0 Å². The Labute approximate surface area is 297 Å². The van der Waals surface area contributed by atoms with Gasteiger partial charge in [-0.3, -0.25) is 4.79 Å². The molecule has 0 spiro atoms. The molecule has 16 heteroatoms. The van der Waals surface area contributed by atoms with Crippen LogP contribution >= 0.6 is 0 Å². The van der Waals surface area contributed by atoms with Gasteiger partial charge in [-0.1, -0.05) is 0 Å². The lowest BCUT2D eigenvalue weighted by Gasteiger charge is -2.28. The van der Waals surface area contributed by atoms with Crippen molar-refractivity contribution in [3.8, 4) is 23.0 Å². The molecule has 15 nitrogen and oxygen atoms in total. The van der Waals surface area contributed by atoms with Crippen molar-refractivity contribution in [1.29, 1.82) is 0 Å². The third-order valence-corrected chi connectivity index (χ3v) is 8.28. The van der Waals surface area contributed by atoms with Crippen molar-refractivity contribution in [3.05, 3.63) is 73.2 Å². The minimum Gasteiger partial charge on any atom is -0.494 e. The molecule has 0 radical (unpaired) electrons. The lowest BCUT2D eigenvalue weighted by Crippen LogP contribution is -2.39. The van der Waals surface area contributed by atoms with E-state index >= 15 is 4.39 Å². The Balaban J connectivity index is 1.13. The Bertz CT molecular complexity index is 2160. The minimum absolute atomic E-state index is 0.153. The molecule has 52 heavy (non-hydrogen) atoms. The van der Waals surface area contributed by atoms with Crippen molar-refractivity contribution in [3.63, 3.8) is 0 Å². The average molecular weight is 713 g/mol. The second-order valence-corrected chi connectivity index (χ2v) is 13.2. The average Bonchev–Trinajstić information content (AvgIpc) is 3.76. The molecule has 5 aromatic rings. The highest BCUT2D eigenvalue weighted by Crippen LogP contribution is 2.38. The molecule has 1 atom stereocenters. The second-order valence-electron chi connectivity index (χ2n) is 13.2. The maximum Gasteiger partial charge on any atom is 0.410 e. The summed E-state index contributed by atoms with van der Waals surface area (Å²) in [5, 5.41) is 10.5. The number of likely N-dealkylation sites (tertiary alicyclic amines) is 1. The molecule has 3 aromatic heterocycles. The summed E-state index contributed by atoms with van der Waals surface area (Å²) in [5.41, 5.74) is 1.20. The lowest BCUT2D eigenvalue weighted by molar-refractivity contribution is -0.114. The van der Waals surface area contributed by atoms with Gasteiger partial charge in [-0.25, -0.2) is 28.7 Å². The minimum atomic E-state index is -1.05. The van der Waals surface area contributed by atoms with Gasteiger partial charge in [0.1, 0.15) is 53.2 Å². The number of aromatic nitrogens is 5. The maximum atomic E-state index is 15.4. The van der Waals surface area contributed by atoms with E-state index in [4.69, 9.17) is 23.7 Å². The van der Waals surface area contributed by atoms with Crippen molar-refractivity contribution < 1.29 is 37.7 Å². The number of carbonyl (C=O) groups excluding carboxylic acids is 2. The normalized spacial score (nSPS) is 16.4. The van der Waals surface area contributed by atoms with E-state index in [0.717, 1.165) is 6.08 Å². The lowest BCUT2D eigenvalue weighted by atomic mass is 10.1. The summed E-state index contributed by atoms with van der Waals surface area (Å²) < 4.78 is 45.7. The molecule has 270 valence electrons. The fourth-order valence-corrected chi connectivity index (χ4v) is 5.74. The summed E-state index contributed by atoms with van der Waals surface area (Å²) in [5.74, 6) is 0.178. The molecule has 0 aliphatic carbocycles. The Morgan fingerprint density at radius 3 is 2.60 bits per heavy atom. The van der Waals surface area contributed by atoms with E-state index in [2.05, 4.69) is 30.7 Å². The first-order valence-corrected chi connectivity index (χ1v) is 16.7. The van der Waals surface area contributed by atoms with E-state index in [1.165, 1.54) is 24.7 Å². The zero-order valence-corrected chi connectivity index (χ0v) is 29.0. The van der Waals surface area contributed by atoms with Crippen molar-refractivity contribution >= 4 is 45.7 Å². The summed E-state index contributed by atoms with van der Waals surface area (Å²) >= 11 is 0. The predicted octanol–water partition coefficient (Wildman–Crippen LogP) is 6.19. The largest absolute Gasteiger partial charge is 0.494 e. The van der Waals surface area contributed by atoms with Gasteiger partial charge in [-0.15, -0.1) is 0 Å². The molecule has 0 bridgehead atoms. The van der Waals surface area contributed by atoms with Crippen molar-refractivity contribution in [2.24, 2.45) is 0 Å².